The number of nitrogens with one attached hydrogen (secondary N) is 1. The monoisotopic (exact) mass is 334 g/mol. The third kappa shape index (κ3) is 6.32. The highest BCUT2D eigenvalue weighted by molar-refractivity contribution is 7.89. The molecule has 0 aromatic heterocycles. The summed E-state index contributed by atoms with van der Waals surface area (Å²) in [4.78, 5) is 0.0650. The molecule has 0 atom stereocenters. The Morgan fingerprint density at radius 1 is 1.38 bits per heavy atom. The molecular formula is C14H23ClN2O3S. The highest BCUT2D eigenvalue weighted by Crippen LogP contribution is 2.22. The van der Waals surface area contributed by atoms with Crippen LogP contribution in [0.5, 0.6) is 0 Å². The predicted octanol–water partition coefficient (Wildman–Crippen LogP) is 2.14. The lowest BCUT2D eigenvalue weighted by molar-refractivity contribution is 0.108. The molecule has 0 aliphatic carbocycles. The van der Waals surface area contributed by atoms with Gasteiger partial charge >= 0.3 is 0 Å². The summed E-state index contributed by atoms with van der Waals surface area (Å²) < 4.78 is 32.3. The van der Waals surface area contributed by atoms with Gasteiger partial charge in [-0.15, -0.1) is 0 Å². The first-order chi connectivity index (χ1) is 9.86. The lowest BCUT2D eigenvalue weighted by Gasteiger charge is -2.10. The van der Waals surface area contributed by atoms with Gasteiger partial charge in [-0.2, -0.15) is 0 Å². The predicted molar refractivity (Wildman–Crippen MR) is 84.8 cm³/mol. The smallest absolute Gasteiger partial charge is 0.242 e. The Labute approximate surface area is 131 Å². The van der Waals surface area contributed by atoms with E-state index in [1.807, 2.05) is 0 Å². The molecule has 0 spiro atoms. The number of rotatable bonds is 9. The van der Waals surface area contributed by atoms with Crippen molar-refractivity contribution in [2.24, 2.45) is 11.7 Å². The van der Waals surface area contributed by atoms with Crippen LogP contribution in [0, 0.1) is 5.92 Å². The van der Waals surface area contributed by atoms with Crippen LogP contribution in [-0.4, -0.2) is 28.2 Å². The van der Waals surface area contributed by atoms with Gasteiger partial charge in [0.1, 0.15) is 4.90 Å². The van der Waals surface area contributed by atoms with E-state index < -0.39 is 10.0 Å². The van der Waals surface area contributed by atoms with Gasteiger partial charge in [0.15, 0.2) is 0 Å². The van der Waals surface area contributed by atoms with Crippen LogP contribution in [0.15, 0.2) is 23.1 Å². The number of sulfonamides is 1. The molecule has 0 heterocycles. The molecule has 0 aliphatic rings. The first-order valence-corrected chi connectivity index (χ1v) is 8.79. The quantitative estimate of drug-likeness (QED) is 0.678. The second-order valence-electron chi connectivity index (χ2n) is 5.19. The number of hydrogen-bond acceptors (Lipinski definition) is 4. The average Bonchev–Trinajstić information content (AvgIpc) is 2.42. The van der Waals surface area contributed by atoms with Crippen LogP contribution in [0.25, 0.3) is 0 Å². The van der Waals surface area contributed by atoms with Gasteiger partial charge in [-0.25, -0.2) is 13.1 Å². The molecule has 21 heavy (non-hydrogen) atoms. The van der Waals surface area contributed by atoms with Crippen LogP contribution < -0.4 is 10.5 Å². The number of halogens is 1. The van der Waals surface area contributed by atoms with Crippen molar-refractivity contribution in [3.05, 3.63) is 28.8 Å². The van der Waals surface area contributed by atoms with Crippen LogP contribution in [-0.2, 0) is 21.3 Å². The van der Waals surface area contributed by atoms with Crippen LogP contribution in [0.4, 0.5) is 0 Å². The molecule has 1 rings (SSSR count). The summed E-state index contributed by atoms with van der Waals surface area (Å²) in [6.07, 6.45) is 0.611. The van der Waals surface area contributed by atoms with E-state index in [4.69, 9.17) is 22.1 Å². The Morgan fingerprint density at radius 3 is 2.71 bits per heavy atom. The number of ether oxygens (including phenoxy) is 1. The van der Waals surface area contributed by atoms with Gasteiger partial charge in [0.25, 0.3) is 0 Å². The zero-order valence-electron chi connectivity index (χ0n) is 12.4. The maximum absolute atomic E-state index is 12.2. The zero-order chi connectivity index (χ0) is 15.9. The van der Waals surface area contributed by atoms with E-state index in [9.17, 15) is 8.42 Å². The molecule has 5 nitrogen and oxygen atoms in total. The van der Waals surface area contributed by atoms with Crippen molar-refractivity contribution >= 4 is 21.6 Å². The molecule has 0 radical (unpaired) electrons. The van der Waals surface area contributed by atoms with Crippen molar-refractivity contribution in [2.45, 2.75) is 31.7 Å². The molecule has 3 N–H and O–H groups in total. The topological polar surface area (TPSA) is 81.4 Å². The van der Waals surface area contributed by atoms with E-state index in [1.54, 1.807) is 12.1 Å². The van der Waals surface area contributed by atoms with Crippen molar-refractivity contribution in [2.75, 3.05) is 19.8 Å². The van der Waals surface area contributed by atoms with Crippen molar-refractivity contribution in [1.29, 1.82) is 0 Å². The Kier molecular flexibility index (Phi) is 7.62. The van der Waals surface area contributed by atoms with Crippen molar-refractivity contribution in [3.63, 3.8) is 0 Å². The number of hydrogen-bond donors (Lipinski definition) is 2. The van der Waals surface area contributed by atoms with E-state index in [-0.39, 0.29) is 16.5 Å². The second-order valence-corrected chi connectivity index (χ2v) is 7.33. The summed E-state index contributed by atoms with van der Waals surface area (Å²) >= 11 is 5.95. The Balaban J connectivity index is 2.54. The summed E-state index contributed by atoms with van der Waals surface area (Å²) in [6.45, 7) is 5.91. The van der Waals surface area contributed by atoms with Gasteiger partial charge in [0.05, 0.1) is 5.02 Å². The van der Waals surface area contributed by atoms with E-state index in [1.165, 1.54) is 6.07 Å². The Hall–Kier alpha value is -0.660. The zero-order valence-corrected chi connectivity index (χ0v) is 14.0. The molecule has 0 amide bonds. The third-order valence-corrected chi connectivity index (χ3v) is 4.67. The van der Waals surface area contributed by atoms with E-state index in [2.05, 4.69) is 18.6 Å². The van der Waals surface area contributed by atoms with Gasteiger partial charge in [-0.05, 0) is 30.0 Å². The molecule has 0 unspecified atom stereocenters. The fourth-order valence-electron chi connectivity index (χ4n) is 1.66. The molecule has 0 fully saturated rings. The van der Waals surface area contributed by atoms with Crippen molar-refractivity contribution < 1.29 is 13.2 Å². The fraction of sp³-hybridized carbons (Fsp3) is 0.571. The summed E-state index contributed by atoms with van der Waals surface area (Å²) in [7, 11) is -3.62. The third-order valence-electron chi connectivity index (χ3n) is 2.73. The fourth-order valence-corrected chi connectivity index (χ4v) is 3.28. The molecule has 0 saturated carbocycles. The van der Waals surface area contributed by atoms with Crippen molar-refractivity contribution in [3.8, 4) is 0 Å². The minimum atomic E-state index is -3.62. The Bertz CT molecular complexity index is 547. The van der Waals surface area contributed by atoms with E-state index in [0.29, 0.717) is 32.1 Å². The summed E-state index contributed by atoms with van der Waals surface area (Å²) in [5, 5.41) is 0.191. The van der Waals surface area contributed by atoms with Gasteiger partial charge in [-0.3, -0.25) is 0 Å². The van der Waals surface area contributed by atoms with Crippen LogP contribution >= 0.6 is 11.6 Å². The first kappa shape index (κ1) is 18.4. The average molecular weight is 335 g/mol. The molecule has 120 valence electrons. The van der Waals surface area contributed by atoms with Crippen LogP contribution in [0.2, 0.25) is 5.02 Å². The summed E-state index contributed by atoms with van der Waals surface area (Å²) in [5.74, 6) is 0.472. The van der Waals surface area contributed by atoms with E-state index in [0.717, 1.165) is 5.56 Å². The van der Waals surface area contributed by atoms with Crippen LogP contribution in [0.1, 0.15) is 25.8 Å². The molecule has 0 bridgehead atoms. The largest absolute Gasteiger partial charge is 0.381 e. The molecular weight excluding hydrogens is 312 g/mol. The highest BCUT2D eigenvalue weighted by Gasteiger charge is 2.17. The molecule has 1 aromatic carbocycles. The maximum atomic E-state index is 12.2. The SMILES string of the molecule is CC(C)COCCCNS(=O)(=O)c1cc(CN)ccc1Cl. The molecule has 0 aliphatic heterocycles. The van der Waals surface area contributed by atoms with E-state index >= 15 is 0 Å². The molecule has 7 heteroatoms. The maximum Gasteiger partial charge on any atom is 0.242 e. The van der Waals surface area contributed by atoms with Crippen molar-refractivity contribution in [1.82, 2.24) is 4.72 Å². The lowest BCUT2D eigenvalue weighted by Crippen LogP contribution is -2.26. The van der Waals surface area contributed by atoms with Gasteiger partial charge in [0, 0.05) is 26.3 Å². The summed E-state index contributed by atoms with van der Waals surface area (Å²) in [5.41, 5.74) is 6.24. The lowest BCUT2D eigenvalue weighted by atomic mass is 10.2. The standard InChI is InChI=1S/C14H23ClN2O3S/c1-11(2)10-20-7-3-6-17-21(18,19)14-8-12(9-16)4-5-13(14)15/h4-5,8,11,17H,3,6-7,9-10,16H2,1-2H3. The highest BCUT2D eigenvalue weighted by atomic mass is 35.5. The van der Waals surface area contributed by atoms with Gasteiger partial charge in [0.2, 0.25) is 10.0 Å². The number of benzene rings is 1. The normalized spacial score (nSPS) is 12.0. The van der Waals surface area contributed by atoms with Gasteiger partial charge in [-0.1, -0.05) is 31.5 Å². The molecule has 1 aromatic rings. The number of nitrogens with two attached hydrogens (primary N) is 1. The second kappa shape index (κ2) is 8.70. The minimum Gasteiger partial charge on any atom is -0.381 e. The molecule has 0 saturated heterocycles. The Morgan fingerprint density at radius 2 is 2.10 bits per heavy atom. The van der Waals surface area contributed by atoms with Gasteiger partial charge < -0.3 is 10.5 Å². The minimum absolute atomic E-state index is 0.0650. The van der Waals surface area contributed by atoms with Crippen LogP contribution in [0.3, 0.4) is 0 Å². The first-order valence-electron chi connectivity index (χ1n) is 6.92. The summed E-state index contributed by atoms with van der Waals surface area (Å²) in [6, 6.07) is 4.76.